The maximum absolute atomic E-state index is 11.9. The third-order valence-corrected chi connectivity index (χ3v) is 4.54. The molecule has 0 radical (unpaired) electrons. The molecular weight excluding hydrogens is 282 g/mol. The molecule has 0 aliphatic rings. The minimum atomic E-state index is -3.34. The lowest BCUT2D eigenvalue weighted by Crippen LogP contribution is -2.34. The van der Waals surface area contributed by atoms with Crippen molar-refractivity contribution in [3.05, 3.63) is 23.8 Å². The van der Waals surface area contributed by atoms with Crippen LogP contribution in [0, 0.1) is 0 Å². The van der Waals surface area contributed by atoms with Crippen LogP contribution in [0.2, 0.25) is 0 Å². The van der Waals surface area contributed by atoms with E-state index in [4.69, 9.17) is 10.5 Å². The average Bonchev–Trinajstić information content (AvgIpc) is 2.38. The van der Waals surface area contributed by atoms with Crippen LogP contribution < -0.4 is 15.8 Å². The van der Waals surface area contributed by atoms with Crippen LogP contribution in [0.15, 0.2) is 18.2 Å². The zero-order valence-corrected chi connectivity index (χ0v) is 12.5. The van der Waals surface area contributed by atoms with Gasteiger partial charge in [-0.05, 0) is 18.2 Å². The number of hydrogen-bond donors (Lipinski definition) is 2. The highest BCUT2D eigenvalue weighted by Crippen LogP contribution is 2.19. The Hall–Kier alpha value is -1.80. The number of anilines is 1. The average molecular weight is 301 g/mol. The van der Waals surface area contributed by atoms with Crippen molar-refractivity contribution in [2.24, 2.45) is 0 Å². The molecule has 0 aliphatic heterocycles. The van der Waals surface area contributed by atoms with Gasteiger partial charge in [-0.15, -0.1) is 0 Å². The summed E-state index contributed by atoms with van der Waals surface area (Å²) in [6, 6.07) is 4.71. The molecule has 0 atom stereocenters. The Morgan fingerprint density at radius 3 is 2.60 bits per heavy atom. The van der Waals surface area contributed by atoms with E-state index >= 15 is 0 Å². The number of amides is 1. The number of sulfonamides is 1. The number of nitrogen functional groups attached to an aromatic ring is 1. The van der Waals surface area contributed by atoms with Crippen molar-refractivity contribution in [2.45, 2.75) is 0 Å². The lowest BCUT2D eigenvalue weighted by Gasteiger charge is -2.12. The van der Waals surface area contributed by atoms with E-state index in [1.54, 1.807) is 12.1 Å². The molecular formula is C12H19N3O4S. The van der Waals surface area contributed by atoms with Gasteiger partial charge in [0.05, 0.1) is 18.4 Å². The first-order chi connectivity index (χ1) is 9.27. The Morgan fingerprint density at radius 1 is 1.40 bits per heavy atom. The summed E-state index contributed by atoms with van der Waals surface area (Å²) < 4.78 is 29.2. The molecule has 1 aromatic rings. The van der Waals surface area contributed by atoms with Crippen LogP contribution in [0.25, 0.3) is 0 Å². The molecule has 0 heterocycles. The number of hydrogen-bond acceptors (Lipinski definition) is 5. The van der Waals surface area contributed by atoms with Crippen LogP contribution >= 0.6 is 0 Å². The summed E-state index contributed by atoms with van der Waals surface area (Å²) in [6.45, 7) is 0.00992. The largest absolute Gasteiger partial charge is 0.497 e. The molecule has 0 bridgehead atoms. The number of rotatable bonds is 6. The number of carbonyl (C=O) groups is 1. The number of carbonyl (C=O) groups excluding carboxylic acids is 1. The monoisotopic (exact) mass is 301 g/mol. The Balaban J connectivity index is 2.69. The van der Waals surface area contributed by atoms with Crippen LogP contribution in [0.5, 0.6) is 5.75 Å². The van der Waals surface area contributed by atoms with Crippen LogP contribution in [-0.2, 0) is 10.0 Å². The van der Waals surface area contributed by atoms with Crippen LogP contribution in [0.1, 0.15) is 10.4 Å². The number of ether oxygens (including phenoxy) is 1. The summed E-state index contributed by atoms with van der Waals surface area (Å²) in [5.41, 5.74) is 6.27. The zero-order valence-electron chi connectivity index (χ0n) is 11.7. The molecule has 0 unspecified atom stereocenters. The zero-order chi connectivity index (χ0) is 15.3. The van der Waals surface area contributed by atoms with Crippen molar-refractivity contribution >= 4 is 21.6 Å². The minimum Gasteiger partial charge on any atom is -0.497 e. The molecule has 3 N–H and O–H groups in total. The number of nitrogens with two attached hydrogens (primary N) is 1. The Morgan fingerprint density at radius 2 is 2.05 bits per heavy atom. The maximum atomic E-state index is 11.9. The molecule has 20 heavy (non-hydrogen) atoms. The molecule has 0 spiro atoms. The third-order valence-electron chi connectivity index (χ3n) is 2.71. The molecule has 1 rings (SSSR count). The van der Waals surface area contributed by atoms with Crippen LogP contribution in [0.3, 0.4) is 0 Å². The predicted octanol–water partition coefficient (Wildman–Crippen LogP) is -0.101. The fourth-order valence-electron chi connectivity index (χ4n) is 1.43. The number of nitrogens with one attached hydrogen (secondary N) is 1. The molecule has 0 fully saturated rings. The summed E-state index contributed by atoms with van der Waals surface area (Å²) in [5.74, 6) is -0.101. The Bertz CT molecular complexity index is 584. The van der Waals surface area contributed by atoms with Crippen LogP contribution in [0.4, 0.5) is 5.69 Å². The highest BCUT2D eigenvalue weighted by atomic mass is 32.2. The van der Waals surface area contributed by atoms with Gasteiger partial charge < -0.3 is 15.8 Å². The fourth-order valence-corrected chi connectivity index (χ4v) is 2.16. The number of methoxy groups -OCH3 is 1. The van der Waals surface area contributed by atoms with Gasteiger partial charge >= 0.3 is 0 Å². The van der Waals surface area contributed by atoms with Gasteiger partial charge in [-0.2, -0.15) is 0 Å². The molecule has 0 aromatic heterocycles. The molecule has 1 amide bonds. The van der Waals surface area contributed by atoms with Crippen molar-refractivity contribution in [3.8, 4) is 5.75 Å². The molecule has 112 valence electrons. The van der Waals surface area contributed by atoms with Gasteiger partial charge in [-0.25, -0.2) is 12.7 Å². The van der Waals surface area contributed by atoms with Crippen LogP contribution in [-0.4, -0.2) is 52.1 Å². The lowest BCUT2D eigenvalue weighted by atomic mass is 10.1. The van der Waals surface area contributed by atoms with Gasteiger partial charge in [0.25, 0.3) is 5.91 Å². The molecule has 0 aliphatic carbocycles. The van der Waals surface area contributed by atoms with Gasteiger partial charge in [0, 0.05) is 26.3 Å². The number of nitrogens with zero attached hydrogens (tertiary/aromatic N) is 1. The van der Waals surface area contributed by atoms with E-state index in [0.717, 1.165) is 4.31 Å². The summed E-state index contributed by atoms with van der Waals surface area (Å²) in [4.78, 5) is 11.9. The highest BCUT2D eigenvalue weighted by molar-refractivity contribution is 7.89. The fraction of sp³-hybridized carbons (Fsp3) is 0.417. The summed E-state index contributed by atoms with van der Waals surface area (Å²) in [6.07, 6.45) is 0. The Kier molecular flexibility index (Phi) is 5.34. The normalized spacial score (nSPS) is 11.4. The second-order valence-corrected chi connectivity index (χ2v) is 6.61. The van der Waals surface area contributed by atoms with E-state index in [2.05, 4.69) is 5.32 Å². The molecule has 0 saturated heterocycles. The second-order valence-electron chi connectivity index (χ2n) is 4.31. The summed E-state index contributed by atoms with van der Waals surface area (Å²) >= 11 is 0. The summed E-state index contributed by atoms with van der Waals surface area (Å²) in [7, 11) is 1.03. The predicted molar refractivity (Wildman–Crippen MR) is 77.2 cm³/mol. The number of benzene rings is 1. The molecule has 7 nitrogen and oxygen atoms in total. The third kappa shape index (κ3) is 4.10. The molecule has 0 saturated carbocycles. The van der Waals surface area contributed by atoms with E-state index < -0.39 is 15.9 Å². The van der Waals surface area contributed by atoms with Gasteiger partial charge in [-0.1, -0.05) is 0 Å². The van der Waals surface area contributed by atoms with E-state index in [1.165, 1.54) is 27.3 Å². The van der Waals surface area contributed by atoms with Gasteiger partial charge in [0.2, 0.25) is 10.0 Å². The van der Waals surface area contributed by atoms with E-state index in [9.17, 15) is 13.2 Å². The van der Waals surface area contributed by atoms with Gasteiger partial charge in [0.15, 0.2) is 0 Å². The van der Waals surface area contributed by atoms with Crippen molar-refractivity contribution in [1.82, 2.24) is 9.62 Å². The molecule has 8 heteroatoms. The molecule has 1 aromatic carbocycles. The van der Waals surface area contributed by atoms with E-state index in [1.807, 2.05) is 0 Å². The first-order valence-corrected chi connectivity index (χ1v) is 7.50. The smallest absolute Gasteiger partial charge is 0.253 e. The van der Waals surface area contributed by atoms with Crippen molar-refractivity contribution in [2.75, 3.05) is 39.2 Å². The lowest BCUT2D eigenvalue weighted by molar-refractivity contribution is 0.0956. The van der Waals surface area contributed by atoms with Gasteiger partial charge in [0.1, 0.15) is 5.75 Å². The van der Waals surface area contributed by atoms with E-state index in [0.29, 0.717) is 11.4 Å². The minimum absolute atomic E-state index is 0.00992. The Labute approximate surface area is 118 Å². The SMILES string of the molecule is COc1ccc(N)c(C(=O)NCCS(=O)(=O)N(C)C)c1. The second kappa shape index (κ2) is 6.58. The van der Waals surface area contributed by atoms with Crippen molar-refractivity contribution in [1.29, 1.82) is 0 Å². The maximum Gasteiger partial charge on any atom is 0.253 e. The topological polar surface area (TPSA) is 102 Å². The first-order valence-electron chi connectivity index (χ1n) is 5.90. The van der Waals surface area contributed by atoms with Crippen molar-refractivity contribution < 1.29 is 17.9 Å². The van der Waals surface area contributed by atoms with E-state index in [-0.39, 0.29) is 17.9 Å². The van der Waals surface area contributed by atoms with Gasteiger partial charge in [-0.3, -0.25) is 4.79 Å². The highest BCUT2D eigenvalue weighted by Gasteiger charge is 2.15. The van der Waals surface area contributed by atoms with Crippen molar-refractivity contribution in [3.63, 3.8) is 0 Å². The standard InChI is InChI=1S/C12H19N3O4S/c1-15(2)20(17,18)7-6-14-12(16)10-8-9(19-3)4-5-11(10)13/h4-5,8H,6-7,13H2,1-3H3,(H,14,16). The first kappa shape index (κ1) is 16.3. The quantitative estimate of drug-likeness (QED) is 0.714. The summed E-state index contributed by atoms with van der Waals surface area (Å²) in [5, 5.41) is 2.52.